The number of rotatable bonds is 4. The Labute approximate surface area is 91.7 Å². The molecule has 1 aromatic rings. The molecule has 0 aliphatic carbocycles. The first kappa shape index (κ1) is 12.4. The van der Waals surface area contributed by atoms with Crippen molar-refractivity contribution in [3.8, 4) is 0 Å². The third-order valence-electron chi connectivity index (χ3n) is 1.81. The van der Waals surface area contributed by atoms with E-state index >= 15 is 0 Å². The zero-order valence-corrected chi connectivity index (χ0v) is 9.43. The summed E-state index contributed by atoms with van der Waals surface area (Å²) in [7, 11) is -3.31. The second-order valence-electron chi connectivity index (χ2n) is 3.12. The first-order valence-electron chi connectivity index (χ1n) is 4.24. The van der Waals surface area contributed by atoms with Gasteiger partial charge in [-0.05, 0) is 6.92 Å². The largest absolute Gasteiger partial charge is 0.478 e. The third kappa shape index (κ3) is 3.16. The van der Waals surface area contributed by atoms with Gasteiger partial charge in [0.15, 0.2) is 9.84 Å². The maximum Gasteiger partial charge on any atom is 0.328 e. The van der Waals surface area contributed by atoms with E-state index in [1.165, 1.54) is 6.92 Å². The smallest absolute Gasteiger partial charge is 0.328 e. The maximum atomic E-state index is 11.2. The molecule has 8 heteroatoms. The van der Waals surface area contributed by atoms with Gasteiger partial charge in [0.25, 0.3) is 0 Å². The lowest BCUT2D eigenvalue weighted by Crippen LogP contribution is -2.07. The van der Waals surface area contributed by atoms with Crippen LogP contribution in [0.3, 0.4) is 0 Å². The topological polar surface area (TPSA) is 110 Å². The molecule has 0 aromatic carbocycles. The standard InChI is InChI=1S/C8H10N2O5S/c1-5(16(2,13)14)8-10-9-6(15-8)3-4-7(11)12/h3-5H,1-2H3,(H,11,12)/b4-3+. The number of sulfone groups is 1. The Hall–Kier alpha value is -1.70. The number of nitrogens with zero attached hydrogens (tertiary/aromatic N) is 2. The number of carboxylic acid groups (broad SMARTS) is 1. The van der Waals surface area contributed by atoms with Gasteiger partial charge in [-0.1, -0.05) is 0 Å². The Bertz CT molecular complexity index is 516. The van der Waals surface area contributed by atoms with Crippen molar-refractivity contribution >= 4 is 21.9 Å². The number of aliphatic carboxylic acids is 1. The Kier molecular flexibility index (Phi) is 3.43. The zero-order chi connectivity index (χ0) is 12.3. The summed E-state index contributed by atoms with van der Waals surface area (Å²) in [5.41, 5.74) is 0. The molecule has 7 nitrogen and oxygen atoms in total. The number of carbonyl (C=O) groups is 1. The normalized spacial score (nSPS) is 14.1. The van der Waals surface area contributed by atoms with Crippen molar-refractivity contribution in [1.82, 2.24) is 10.2 Å². The van der Waals surface area contributed by atoms with Crippen molar-refractivity contribution in [2.24, 2.45) is 0 Å². The molecule has 1 atom stereocenters. The minimum absolute atomic E-state index is 0.0482. The van der Waals surface area contributed by atoms with Crippen LogP contribution in [-0.4, -0.2) is 35.9 Å². The molecule has 0 fully saturated rings. The molecule has 0 spiro atoms. The van der Waals surface area contributed by atoms with Crippen LogP contribution in [0, 0.1) is 0 Å². The van der Waals surface area contributed by atoms with Crippen LogP contribution in [0.25, 0.3) is 6.08 Å². The molecule has 0 bridgehead atoms. The molecular formula is C8H10N2O5S. The van der Waals surface area contributed by atoms with E-state index in [0.29, 0.717) is 0 Å². The highest BCUT2D eigenvalue weighted by molar-refractivity contribution is 7.90. The summed E-state index contributed by atoms with van der Waals surface area (Å²) in [4.78, 5) is 10.2. The van der Waals surface area contributed by atoms with Gasteiger partial charge >= 0.3 is 5.97 Å². The summed E-state index contributed by atoms with van der Waals surface area (Å²) >= 11 is 0. The Balaban J connectivity index is 2.92. The van der Waals surface area contributed by atoms with Crippen LogP contribution in [0.4, 0.5) is 0 Å². The molecule has 16 heavy (non-hydrogen) atoms. The molecule has 0 aliphatic rings. The maximum absolute atomic E-state index is 11.2. The van der Waals surface area contributed by atoms with Gasteiger partial charge in [0.2, 0.25) is 11.8 Å². The van der Waals surface area contributed by atoms with Gasteiger partial charge in [-0.3, -0.25) is 0 Å². The van der Waals surface area contributed by atoms with Crippen LogP contribution in [-0.2, 0) is 14.6 Å². The lowest BCUT2D eigenvalue weighted by atomic mass is 10.5. The minimum Gasteiger partial charge on any atom is -0.478 e. The number of hydrogen-bond acceptors (Lipinski definition) is 6. The summed E-state index contributed by atoms with van der Waals surface area (Å²) in [5, 5.41) is 14.4. The van der Waals surface area contributed by atoms with Crippen molar-refractivity contribution in [2.75, 3.05) is 6.26 Å². The first-order chi connectivity index (χ1) is 7.30. The molecule has 0 saturated carbocycles. The van der Waals surface area contributed by atoms with Crippen molar-refractivity contribution in [3.63, 3.8) is 0 Å². The second kappa shape index (κ2) is 4.44. The average Bonchev–Trinajstić information content (AvgIpc) is 2.60. The van der Waals surface area contributed by atoms with E-state index < -0.39 is 21.1 Å². The van der Waals surface area contributed by atoms with Gasteiger partial charge in [0.1, 0.15) is 5.25 Å². The van der Waals surface area contributed by atoms with Crippen LogP contribution < -0.4 is 0 Å². The quantitative estimate of drug-likeness (QED) is 0.759. The fourth-order valence-corrected chi connectivity index (χ4v) is 1.27. The van der Waals surface area contributed by atoms with Gasteiger partial charge in [0, 0.05) is 18.4 Å². The molecule has 1 aromatic heterocycles. The first-order valence-corrected chi connectivity index (χ1v) is 6.19. The molecule has 0 saturated heterocycles. The highest BCUT2D eigenvalue weighted by Gasteiger charge is 2.23. The number of carboxylic acids is 1. The van der Waals surface area contributed by atoms with E-state index in [1.807, 2.05) is 0 Å². The fourth-order valence-electron chi connectivity index (χ4n) is 0.804. The van der Waals surface area contributed by atoms with E-state index in [4.69, 9.17) is 9.52 Å². The van der Waals surface area contributed by atoms with Crippen LogP contribution in [0.15, 0.2) is 10.5 Å². The Morgan fingerprint density at radius 3 is 2.62 bits per heavy atom. The average molecular weight is 246 g/mol. The highest BCUT2D eigenvalue weighted by Crippen LogP contribution is 2.19. The summed E-state index contributed by atoms with van der Waals surface area (Å²) in [6.07, 6.45) is 2.96. The number of aromatic nitrogens is 2. The predicted octanol–water partition coefficient (Wildman–Crippen LogP) is 0.273. The lowest BCUT2D eigenvalue weighted by Gasteiger charge is -2.01. The summed E-state index contributed by atoms with van der Waals surface area (Å²) in [6, 6.07) is 0. The Morgan fingerprint density at radius 2 is 2.12 bits per heavy atom. The fraction of sp³-hybridized carbons (Fsp3) is 0.375. The highest BCUT2D eigenvalue weighted by atomic mass is 32.2. The van der Waals surface area contributed by atoms with Crippen LogP contribution in [0.2, 0.25) is 0 Å². The summed E-state index contributed by atoms with van der Waals surface area (Å²) in [5.74, 6) is -1.27. The molecule has 0 amide bonds. The summed E-state index contributed by atoms with van der Waals surface area (Å²) in [6.45, 7) is 1.41. The van der Waals surface area contributed by atoms with Crippen molar-refractivity contribution < 1.29 is 22.7 Å². The minimum atomic E-state index is -3.31. The molecule has 1 N–H and O–H groups in total. The van der Waals surface area contributed by atoms with E-state index in [0.717, 1.165) is 18.4 Å². The molecule has 0 aliphatic heterocycles. The van der Waals surface area contributed by atoms with Crippen molar-refractivity contribution in [2.45, 2.75) is 12.2 Å². The Morgan fingerprint density at radius 1 is 1.50 bits per heavy atom. The van der Waals surface area contributed by atoms with E-state index in [-0.39, 0.29) is 11.8 Å². The van der Waals surface area contributed by atoms with Gasteiger partial charge in [-0.2, -0.15) is 0 Å². The molecular weight excluding hydrogens is 236 g/mol. The molecule has 0 radical (unpaired) electrons. The SMILES string of the molecule is CC(c1nnc(/C=C/C(=O)O)o1)S(C)(=O)=O. The molecule has 88 valence electrons. The molecule has 1 heterocycles. The third-order valence-corrected chi connectivity index (χ3v) is 3.30. The van der Waals surface area contributed by atoms with Crippen LogP contribution >= 0.6 is 0 Å². The van der Waals surface area contributed by atoms with Gasteiger partial charge in [0.05, 0.1) is 0 Å². The zero-order valence-electron chi connectivity index (χ0n) is 8.61. The van der Waals surface area contributed by atoms with Crippen LogP contribution in [0.5, 0.6) is 0 Å². The van der Waals surface area contributed by atoms with Crippen molar-refractivity contribution in [1.29, 1.82) is 0 Å². The lowest BCUT2D eigenvalue weighted by molar-refractivity contribution is -0.131. The van der Waals surface area contributed by atoms with E-state index in [9.17, 15) is 13.2 Å². The van der Waals surface area contributed by atoms with Gasteiger partial charge in [-0.25, -0.2) is 13.2 Å². The number of hydrogen-bond donors (Lipinski definition) is 1. The predicted molar refractivity (Wildman–Crippen MR) is 54.2 cm³/mol. The summed E-state index contributed by atoms with van der Waals surface area (Å²) < 4.78 is 27.3. The van der Waals surface area contributed by atoms with Crippen LogP contribution in [0.1, 0.15) is 24.0 Å². The van der Waals surface area contributed by atoms with Crippen molar-refractivity contribution in [3.05, 3.63) is 17.9 Å². The van der Waals surface area contributed by atoms with E-state index in [1.54, 1.807) is 0 Å². The van der Waals surface area contributed by atoms with Gasteiger partial charge < -0.3 is 9.52 Å². The molecule has 1 unspecified atom stereocenters. The second-order valence-corrected chi connectivity index (χ2v) is 5.49. The monoisotopic (exact) mass is 246 g/mol. The van der Waals surface area contributed by atoms with E-state index in [2.05, 4.69) is 10.2 Å². The molecule has 1 rings (SSSR count). The van der Waals surface area contributed by atoms with Gasteiger partial charge in [-0.15, -0.1) is 10.2 Å².